The highest BCUT2D eigenvalue weighted by Gasteiger charge is 2.30. The van der Waals surface area contributed by atoms with Crippen molar-refractivity contribution in [2.45, 2.75) is 44.8 Å². The van der Waals surface area contributed by atoms with Crippen LogP contribution in [-0.4, -0.2) is 48.6 Å². The molecule has 0 radical (unpaired) electrons. The van der Waals surface area contributed by atoms with Gasteiger partial charge in [0.2, 0.25) is 5.91 Å². The summed E-state index contributed by atoms with van der Waals surface area (Å²) in [7, 11) is 0. The van der Waals surface area contributed by atoms with Crippen molar-refractivity contribution in [3.05, 3.63) is 0 Å². The Hall–Kier alpha value is -0.650. The van der Waals surface area contributed by atoms with E-state index in [0.717, 1.165) is 0 Å². The van der Waals surface area contributed by atoms with E-state index in [4.69, 9.17) is 9.47 Å². The van der Waals surface area contributed by atoms with E-state index in [-0.39, 0.29) is 24.7 Å². The van der Waals surface area contributed by atoms with E-state index in [9.17, 15) is 9.90 Å². The van der Waals surface area contributed by atoms with E-state index < -0.39 is 5.60 Å². The number of rotatable bonds is 4. The van der Waals surface area contributed by atoms with Gasteiger partial charge in [0.1, 0.15) is 6.61 Å². The number of carbonyl (C=O) groups is 1. The van der Waals surface area contributed by atoms with E-state index in [1.54, 1.807) is 0 Å². The summed E-state index contributed by atoms with van der Waals surface area (Å²) in [6, 6.07) is 0. The molecule has 1 aliphatic heterocycles. The molecule has 1 heterocycles. The lowest BCUT2D eigenvalue weighted by Gasteiger charge is -2.32. The second-order valence-corrected chi connectivity index (χ2v) is 5.51. The maximum atomic E-state index is 11.5. The van der Waals surface area contributed by atoms with Crippen LogP contribution in [0.25, 0.3) is 0 Å². The summed E-state index contributed by atoms with van der Waals surface area (Å²) in [5.74, 6) is -0.195. The van der Waals surface area contributed by atoms with Crippen LogP contribution in [0.3, 0.4) is 0 Å². The van der Waals surface area contributed by atoms with Crippen molar-refractivity contribution in [1.82, 2.24) is 5.32 Å². The molecule has 17 heavy (non-hydrogen) atoms. The zero-order chi connectivity index (χ0) is 12.9. The highest BCUT2D eigenvalue weighted by Crippen LogP contribution is 2.19. The van der Waals surface area contributed by atoms with Crippen LogP contribution in [-0.2, 0) is 14.3 Å². The normalized spacial score (nSPS) is 20.0. The average molecular weight is 245 g/mol. The molecule has 0 aliphatic carbocycles. The quantitative estimate of drug-likeness (QED) is 0.755. The lowest BCUT2D eigenvalue weighted by molar-refractivity contribution is -0.133. The van der Waals surface area contributed by atoms with Gasteiger partial charge in [-0.05, 0) is 20.8 Å². The van der Waals surface area contributed by atoms with Crippen LogP contribution >= 0.6 is 0 Å². The molecule has 0 spiro atoms. The number of amides is 1. The van der Waals surface area contributed by atoms with Crippen LogP contribution in [0.5, 0.6) is 0 Å². The molecule has 1 rings (SSSR count). The van der Waals surface area contributed by atoms with Crippen LogP contribution in [0.2, 0.25) is 0 Å². The molecule has 0 saturated carbocycles. The Kier molecular flexibility index (Phi) is 4.91. The largest absolute Gasteiger partial charge is 0.388 e. The molecule has 0 unspecified atom stereocenters. The van der Waals surface area contributed by atoms with Crippen LogP contribution in [0, 0.1) is 0 Å². The lowest BCUT2D eigenvalue weighted by atomic mass is 9.94. The molecule has 0 aromatic carbocycles. The van der Waals surface area contributed by atoms with Gasteiger partial charge in [0.05, 0.1) is 11.2 Å². The predicted molar refractivity (Wildman–Crippen MR) is 63.7 cm³/mol. The summed E-state index contributed by atoms with van der Waals surface area (Å²) >= 11 is 0. The van der Waals surface area contributed by atoms with Gasteiger partial charge in [-0.25, -0.2) is 0 Å². The first kappa shape index (κ1) is 14.4. The first-order chi connectivity index (χ1) is 7.81. The fourth-order valence-electron chi connectivity index (χ4n) is 1.52. The molecular weight excluding hydrogens is 222 g/mol. The fourth-order valence-corrected chi connectivity index (χ4v) is 1.52. The molecule has 100 valence electrons. The summed E-state index contributed by atoms with van der Waals surface area (Å²) in [4.78, 5) is 11.5. The zero-order valence-corrected chi connectivity index (χ0v) is 10.9. The minimum Gasteiger partial charge on any atom is -0.388 e. The van der Waals surface area contributed by atoms with Crippen molar-refractivity contribution in [2.75, 3.05) is 26.4 Å². The van der Waals surface area contributed by atoms with Crippen molar-refractivity contribution in [2.24, 2.45) is 0 Å². The third-order valence-corrected chi connectivity index (χ3v) is 2.67. The molecular formula is C12H23NO4. The van der Waals surface area contributed by atoms with Gasteiger partial charge >= 0.3 is 0 Å². The minimum atomic E-state index is -0.824. The maximum Gasteiger partial charge on any atom is 0.246 e. The van der Waals surface area contributed by atoms with Crippen molar-refractivity contribution in [3.8, 4) is 0 Å². The van der Waals surface area contributed by atoms with Gasteiger partial charge in [0, 0.05) is 32.6 Å². The molecule has 1 fully saturated rings. The van der Waals surface area contributed by atoms with Gasteiger partial charge in [0.25, 0.3) is 0 Å². The van der Waals surface area contributed by atoms with Crippen molar-refractivity contribution >= 4 is 5.91 Å². The summed E-state index contributed by atoms with van der Waals surface area (Å²) in [6.45, 7) is 7.07. The fraction of sp³-hybridized carbons (Fsp3) is 0.917. The summed E-state index contributed by atoms with van der Waals surface area (Å²) < 4.78 is 10.5. The Morgan fingerprint density at radius 3 is 2.53 bits per heavy atom. The Bertz CT molecular complexity index is 254. The Morgan fingerprint density at radius 1 is 1.41 bits per heavy atom. The van der Waals surface area contributed by atoms with E-state index in [1.807, 2.05) is 20.8 Å². The van der Waals surface area contributed by atoms with Gasteiger partial charge < -0.3 is 19.9 Å². The lowest BCUT2D eigenvalue weighted by Crippen LogP contribution is -2.47. The molecule has 5 nitrogen and oxygen atoms in total. The zero-order valence-electron chi connectivity index (χ0n) is 10.9. The van der Waals surface area contributed by atoms with E-state index in [1.165, 1.54) is 0 Å². The standard InChI is InChI=1S/C12H23NO4/c1-11(2,3)17-8-10(14)13-9-12(15)4-6-16-7-5-12/h15H,4-9H2,1-3H3,(H,13,14). The molecule has 0 aromatic heterocycles. The number of aliphatic hydroxyl groups is 1. The van der Waals surface area contributed by atoms with Gasteiger partial charge in [-0.1, -0.05) is 0 Å². The SMILES string of the molecule is CC(C)(C)OCC(=O)NCC1(O)CCOCC1. The van der Waals surface area contributed by atoms with Crippen LogP contribution in [0.4, 0.5) is 0 Å². The number of hydrogen-bond donors (Lipinski definition) is 2. The molecule has 5 heteroatoms. The topological polar surface area (TPSA) is 67.8 Å². The van der Waals surface area contributed by atoms with Crippen LogP contribution in [0.15, 0.2) is 0 Å². The van der Waals surface area contributed by atoms with Crippen molar-refractivity contribution in [1.29, 1.82) is 0 Å². The highest BCUT2D eigenvalue weighted by molar-refractivity contribution is 5.77. The molecule has 1 amide bonds. The molecule has 0 atom stereocenters. The predicted octanol–water partition coefficient (Wildman–Crippen LogP) is 0.459. The first-order valence-corrected chi connectivity index (χ1v) is 6.02. The average Bonchev–Trinajstić information content (AvgIpc) is 2.24. The smallest absolute Gasteiger partial charge is 0.246 e. The van der Waals surface area contributed by atoms with Crippen LogP contribution in [0.1, 0.15) is 33.6 Å². The van der Waals surface area contributed by atoms with E-state index >= 15 is 0 Å². The third-order valence-electron chi connectivity index (χ3n) is 2.67. The molecule has 0 aromatic rings. The summed E-state index contributed by atoms with van der Waals surface area (Å²) in [6.07, 6.45) is 1.13. The Balaban J connectivity index is 2.23. The van der Waals surface area contributed by atoms with Gasteiger partial charge in [-0.2, -0.15) is 0 Å². The van der Waals surface area contributed by atoms with Crippen molar-refractivity contribution in [3.63, 3.8) is 0 Å². The third kappa shape index (κ3) is 6.00. The van der Waals surface area contributed by atoms with E-state index in [0.29, 0.717) is 26.1 Å². The second-order valence-electron chi connectivity index (χ2n) is 5.51. The molecule has 0 bridgehead atoms. The van der Waals surface area contributed by atoms with Gasteiger partial charge in [-0.15, -0.1) is 0 Å². The minimum absolute atomic E-state index is 0.0239. The Morgan fingerprint density at radius 2 is 2.00 bits per heavy atom. The van der Waals surface area contributed by atoms with Gasteiger partial charge in [-0.3, -0.25) is 4.79 Å². The number of nitrogens with one attached hydrogen (secondary N) is 1. The number of hydrogen-bond acceptors (Lipinski definition) is 4. The van der Waals surface area contributed by atoms with E-state index in [2.05, 4.69) is 5.32 Å². The Labute approximate surface area is 102 Å². The maximum absolute atomic E-state index is 11.5. The molecule has 2 N–H and O–H groups in total. The highest BCUT2D eigenvalue weighted by atomic mass is 16.5. The summed E-state index contributed by atoms with van der Waals surface area (Å²) in [5.41, 5.74) is -1.15. The van der Waals surface area contributed by atoms with Crippen LogP contribution < -0.4 is 5.32 Å². The van der Waals surface area contributed by atoms with Crippen molar-refractivity contribution < 1.29 is 19.4 Å². The molecule has 1 aliphatic rings. The first-order valence-electron chi connectivity index (χ1n) is 6.02. The van der Waals surface area contributed by atoms with Gasteiger partial charge in [0.15, 0.2) is 0 Å². The molecule has 1 saturated heterocycles. The second kappa shape index (κ2) is 5.80. The number of carbonyl (C=O) groups excluding carboxylic acids is 1. The monoisotopic (exact) mass is 245 g/mol. The number of ether oxygens (including phenoxy) is 2. The summed E-state index contributed by atoms with van der Waals surface area (Å²) in [5, 5.41) is 12.8.